The van der Waals surface area contributed by atoms with Crippen molar-refractivity contribution in [2.75, 3.05) is 13.7 Å². The number of amides is 3. The Hall–Kier alpha value is -2.77. The van der Waals surface area contributed by atoms with Gasteiger partial charge in [-0.2, -0.15) is 0 Å². The first-order chi connectivity index (χ1) is 12.0. The van der Waals surface area contributed by atoms with Crippen molar-refractivity contribution in [3.63, 3.8) is 0 Å². The number of rotatable bonds is 8. The maximum atomic E-state index is 11.8. The molecular formula is C17H22N2O6. The Kier molecular flexibility index (Phi) is 6.62. The third-order valence-corrected chi connectivity index (χ3v) is 3.46. The number of urea groups is 1. The lowest BCUT2D eigenvalue weighted by atomic mass is 10.3. The van der Waals surface area contributed by atoms with Crippen LogP contribution in [0, 0.1) is 0 Å². The molecular weight excluding hydrogens is 328 g/mol. The van der Waals surface area contributed by atoms with Gasteiger partial charge in [0.15, 0.2) is 17.6 Å². The molecule has 2 rings (SSSR count). The summed E-state index contributed by atoms with van der Waals surface area (Å²) in [6.07, 6.45) is 0.726. The van der Waals surface area contributed by atoms with Crippen LogP contribution in [0.15, 0.2) is 24.3 Å². The van der Waals surface area contributed by atoms with Crippen molar-refractivity contribution in [3.05, 3.63) is 24.3 Å². The monoisotopic (exact) mass is 350 g/mol. The minimum atomic E-state index is -1.07. The highest BCUT2D eigenvalue weighted by Gasteiger charge is 2.25. The number of hydrogen-bond acceptors (Lipinski definition) is 6. The number of imide groups is 1. The highest BCUT2D eigenvalue weighted by Crippen LogP contribution is 2.25. The summed E-state index contributed by atoms with van der Waals surface area (Å²) in [6.45, 7) is 1.48. The van der Waals surface area contributed by atoms with Gasteiger partial charge in [0.05, 0.1) is 20.1 Å². The molecule has 1 atom stereocenters. The fraction of sp³-hybridized carbons (Fsp3) is 0.471. The number of para-hydroxylation sites is 2. The Bertz CT molecular complexity index is 629. The molecule has 1 unspecified atom stereocenters. The molecule has 0 radical (unpaired) electrons. The van der Waals surface area contributed by atoms with E-state index in [1.165, 1.54) is 14.0 Å². The zero-order valence-corrected chi connectivity index (χ0v) is 14.2. The van der Waals surface area contributed by atoms with Gasteiger partial charge in [0.1, 0.15) is 0 Å². The molecule has 1 aromatic rings. The molecule has 25 heavy (non-hydrogen) atoms. The van der Waals surface area contributed by atoms with Gasteiger partial charge >= 0.3 is 12.0 Å². The van der Waals surface area contributed by atoms with Crippen molar-refractivity contribution in [1.82, 2.24) is 10.6 Å². The second kappa shape index (κ2) is 8.91. The minimum absolute atomic E-state index is 0.0378. The van der Waals surface area contributed by atoms with Gasteiger partial charge in [-0.05, 0) is 31.9 Å². The topological polar surface area (TPSA) is 103 Å². The zero-order valence-electron chi connectivity index (χ0n) is 14.2. The molecule has 0 bridgehead atoms. The normalized spacial score (nSPS) is 14.2. The molecule has 8 nitrogen and oxygen atoms in total. The number of nitrogens with one attached hydrogen (secondary N) is 2. The number of carbonyl (C=O) groups is 3. The van der Waals surface area contributed by atoms with Crippen molar-refractivity contribution >= 4 is 17.9 Å². The Balaban J connectivity index is 1.68. The average Bonchev–Trinajstić information content (AvgIpc) is 3.38. The van der Waals surface area contributed by atoms with Crippen LogP contribution < -0.4 is 20.1 Å². The quantitative estimate of drug-likeness (QED) is 0.687. The molecule has 1 fully saturated rings. The zero-order chi connectivity index (χ0) is 18.2. The predicted octanol–water partition coefficient (Wildman–Crippen LogP) is 1.38. The van der Waals surface area contributed by atoms with Gasteiger partial charge < -0.3 is 19.5 Å². The first kappa shape index (κ1) is 18.6. The van der Waals surface area contributed by atoms with Crippen molar-refractivity contribution < 1.29 is 28.6 Å². The number of carbonyl (C=O) groups excluding carboxylic acids is 3. The lowest BCUT2D eigenvalue weighted by Crippen LogP contribution is -2.45. The Morgan fingerprint density at radius 2 is 1.88 bits per heavy atom. The van der Waals surface area contributed by atoms with E-state index in [0.29, 0.717) is 11.5 Å². The van der Waals surface area contributed by atoms with Crippen molar-refractivity contribution in [2.45, 2.75) is 38.3 Å². The molecule has 0 heterocycles. The van der Waals surface area contributed by atoms with Crippen LogP contribution in [0.1, 0.15) is 26.2 Å². The van der Waals surface area contributed by atoms with Gasteiger partial charge in [0.25, 0.3) is 5.91 Å². The number of ether oxygens (including phenoxy) is 3. The summed E-state index contributed by atoms with van der Waals surface area (Å²) in [4.78, 5) is 35.0. The van der Waals surface area contributed by atoms with Gasteiger partial charge in [-0.25, -0.2) is 4.79 Å². The number of methoxy groups -OCH3 is 1. The van der Waals surface area contributed by atoms with E-state index in [1.54, 1.807) is 24.3 Å². The largest absolute Gasteiger partial charge is 0.493 e. The Morgan fingerprint density at radius 1 is 1.20 bits per heavy atom. The molecule has 1 aliphatic rings. The average molecular weight is 350 g/mol. The molecule has 8 heteroatoms. The summed E-state index contributed by atoms with van der Waals surface area (Å²) in [7, 11) is 1.52. The van der Waals surface area contributed by atoms with Crippen LogP contribution in [0.3, 0.4) is 0 Å². The molecule has 2 N–H and O–H groups in total. The maximum absolute atomic E-state index is 11.8. The van der Waals surface area contributed by atoms with Crippen LogP contribution in [-0.2, 0) is 14.3 Å². The summed E-state index contributed by atoms with van der Waals surface area (Å²) in [5, 5.41) is 4.75. The molecule has 0 saturated heterocycles. The minimum Gasteiger partial charge on any atom is -0.493 e. The summed E-state index contributed by atoms with van der Waals surface area (Å²) in [5.74, 6) is -0.192. The summed E-state index contributed by atoms with van der Waals surface area (Å²) >= 11 is 0. The maximum Gasteiger partial charge on any atom is 0.321 e. The second-order valence-corrected chi connectivity index (χ2v) is 5.62. The molecule has 0 aromatic heterocycles. The lowest BCUT2D eigenvalue weighted by Gasteiger charge is -2.14. The van der Waals surface area contributed by atoms with Gasteiger partial charge in [-0.3, -0.25) is 14.9 Å². The summed E-state index contributed by atoms with van der Waals surface area (Å²) in [6, 6.07) is 6.62. The van der Waals surface area contributed by atoms with Gasteiger partial charge in [0, 0.05) is 6.04 Å². The highest BCUT2D eigenvalue weighted by atomic mass is 16.6. The third kappa shape index (κ3) is 6.33. The van der Waals surface area contributed by atoms with Crippen molar-refractivity contribution in [1.29, 1.82) is 0 Å². The fourth-order valence-electron chi connectivity index (χ4n) is 1.95. The van der Waals surface area contributed by atoms with Crippen LogP contribution in [0.2, 0.25) is 0 Å². The van der Waals surface area contributed by atoms with Gasteiger partial charge in [-0.15, -0.1) is 0 Å². The SMILES string of the molecule is COc1ccccc1OCCC(=O)OC(C)C(=O)NC(=O)NC1CC1. The smallest absolute Gasteiger partial charge is 0.321 e. The number of benzene rings is 1. The van der Waals surface area contributed by atoms with E-state index in [9.17, 15) is 14.4 Å². The third-order valence-electron chi connectivity index (χ3n) is 3.46. The first-order valence-electron chi connectivity index (χ1n) is 8.06. The molecule has 0 aliphatic heterocycles. The molecule has 136 valence electrons. The second-order valence-electron chi connectivity index (χ2n) is 5.62. The van der Waals surface area contributed by atoms with E-state index in [4.69, 9.17) is 14.2 Å². The standard InChI is InChI=1S/C17H22N2O6/c1-11(16(21)19-17(22)18-12-7-8-12)25-15(20)9-10-24-14-6-4-3-5-13(14)23-2/h3-6,11-12H,7-10H2,1-2H3,(H2,18,19,21,22). The van der Waals surface area contributed by atoms with Crippen LogP contribution in [0.5, 0.6) is 11.5 Å². The predicted molar refractivity (Wildman–Crippen MR) is 88.4 cm³/mol. The molecule has 1 aliphatic carbocycles. The summed E-state index contributed by atoms with van der Waals surface area (Å²) in [5.41, 5.74) is 0. The van der Waals surface area contributed by atoms with Crippen molar-refractivity contribution in [3.8, 4) is 11.5 Å². The molecule has 0 spiro atoms. The van der Waals surface area contributed by atoms with E-state index in [2.05, 4.69) is 10.6 Å². The Labute approximate surface area is 145 Å². The van der Waals surface area contributed by atoms with Crippen LogP contribution in [-0.4, -0.2) is 43.8 Å². The number of hydrogen-bond donors (Lipinski definition) is 2. The van der Waals surface area contributed by atoms with Crippen LogP contribution in [0.4, 0.5) is 4.79 Å². The number of esters is 1. The molecule has 1 aromatic carbocycles. The molecule has 1 saturated carbocycles. The molecule has 3 amide bonds. The van der Waals surface area contributed by atoms with Crippen LogP contribution >= 0.6 is 0 Å². The van der Waals surface area contributed by atoms with E-state index < -0.39 is 24.0 Å². The van der Waals surface area contributed by atoms with Crippen molar-refractivity contribution in [2.24, 2.45) is 0 Å². The van der Waals surface area contributed by atoms with E-state index in [-0.39, 0.29) is 19.1 Å². The van der Waals surface area contributed by atoms with Gasteiger partial charge in [-0.1, -0.05) is 12.1 Å². The van der Waals surface area contributed by atoms with E-state index in [1.807, 2.05) is 0 Å². The summed E-state index contributed by atoms with van der Waals surface area (Å²) < 4.78 is 15.6. The Morgan fingerprint density at radius 3 is 2.52 bits per heavy atom. The van der Waals surface area contributed by atoms with Crippen LogP contribution in [0.25, 0.3) is 0 Å². The first-order valence-corrected chi connectivity index (χ1v) is 8.06. The highest BCUT2D eigenvalue weighted by molar-refractivity contribution is 5.97. The van der Waals surface area contributed by atoms with Gasteiger partial charge in [0.2, 0.25) is 0 Å². The fourth-order valence-corrected chi connectivity index (χ4v) is 1.95. The van der Waals surface area contributed by atoms with E-state index in [0.717, 1.165) is 12.8 Å². The lowest BCUT2D eigenvalue weighted by molar-refractivity contribution is -0.154. The van der Waals surface area contributed by atoms with E-state index >= 15 is 0 Å².